The largest absolute Gasteiger partial charge is 0.496 e. The maximum absolute atomic E-state index is 11.6. The molecule has 2 rings (SSSR count). The first-order valence-corrected chi connectivity index (χ1v) is 8.36. The van der Waals surface area contributed by atoms with Gasteiger partial charge >= 0.3 is 6.09 Å². The van der Waals surface area contributed by atoms with Crippen molar-refractivity contribution in [2.45, 2.75) is 26.9 Å². The van der Waals surface area contributed by atoms with E-state index in [-0.39, 0.29) is 6.61 Å². The molecule has 0 bridgehead atoms. The minimum Gasteiger partial charge on any atom is -0.496 e. The normalized spacial score (nSPS) is 10.7. The zero-order valence-electron chi connectivity index (χ0n) is 15.0. The number of hydrogen-bond donors (Lipinski definition) is 1. The number of carbonyl (C=O) groups is 1. The Kier molecular flexibility index (Phi) is 7.08. The molecule has 0 aliphatic rings. The van der Waals surface area contributed by atoms with E-state index in [2.05, 4.69) is 24.4 Å². The Morgan fingerprint density at radius 1 is 1.12 bits per heavy atom. The second-order valence-corrected chi connectivity index (χ2v) is 5.86. The predicted octanol–water partition coefficient (Wildman–Crippen LogP) is 4.64. The molecule has 0 fully saturated rings. The fourth-order valence-electron chi connectivity index (χ4n) is 2.45. The number of rotatable bonds is 7. The molecule has 2 aromatic rings. The lowest BCUT2D eigenvalue weighted by Gasteiger charge is -2.08. The molecule has 132 valence electrons. The molecule has 0 atom stereocenters. The highest BCUT2D eigenvalue weighted by Crippen LogP contribution is 2.23. The van der Waals surface area contributed by atoms with Crippen LogP contribution in [0.15, 0.2) is 48.5 Å². The summed E-state index contributed by atoms with van der Waals surface area (Å²) in [4.78, 5) is 11.6. The van der Waals surface area contributed by atoms with Crippen molar-refractivity contribution >= 4 is 12.2 Å². The molecule has 0 heterocycles. The van der Waals surface area contributed by atoms with E-state index >= 15 is 0 Å². The second-order valence-electron chi connectivity index (χ2n) is 5.86. The summed E-state index contributed by atoms with van der Waals surface area (Å²) < 4.78 is 10.5. The molecule has 2 aromatic carbocycles. The average Bonchev–Trinajstić information content (AvgIpc) is 2.63. The summed E-state index contributed by atoms with van der Waals surface area (Å²) in [6.45, 7) is 4.91. The van der Waals surface area contributed by atoms with Crippen molar-refractivity contribution in [3.8, 4) is 5.75 Å². The van der Waals surface area contributed by atoms with Crippen LogP contribution in [-0.2, 0) is 11.3 Å². The molecule has 0 spiro atoms. The van der Waals surface area contributed by atoms with Gasteiger partial charge in [0.2, 0.25) is 0 Å². The Hall–Kier alpha value is -2.75. The van der Waals surface area contributed by atoms with Gasteiger partial charge in [-0.3, -0.25) is 0 Å². The van der Waals surface area contributed by atoms with Gasteiger partial charge in [-0.05, 0) is 54.7 Å². The van der Waals surface area contributed by atoms with E-state index in [1.54, 1.807) is 7.11 Å². The second kappa shape index (κ2) is 9.52. The summed E-state index contributed by atoms with van der Waals surface area (Å²) in [5.74, 6) is 0.900. The molecule has 0 saturated carbocycles. The van der Waals surface area contributed by atoms with E-state index in [1.807, 2.05) is 49.4 Å². The third-order valence-corrected chi connectivity index (χ3v) is 3.87. The van der Waals surface area contributed by atoms with Crippen molar-refractivity contribution in [1.82, 2.24) is 5.32 Å². The Bertz CT molecular complexity index is 723. The van der Waals surface area contributed by atoms with Crippen molar-refractivity contribution in [3.63, 3.8) is 0 Å². The van der Waals surface area contributed by atoms with Crippen LogP contribution in [0, 0.1) is 13.8 Å². The first-order valence-electron chi connectivity index (χ1n) is 8.36. The summed E-state index contributed by atoms with van der Waals surface area (Å²) >= 11 is 0. The molecule has 25 heavy (non-hydrogen) atoms. The highest BCUT2D eigenvalue weighted by molar-refractivity contribution is 5.67. The lowest BCUT2D eigenvalue weighted by Crippen LogP contribution is -2.24. The van der Waals surface area contributed by atoms with Gasteiger partial charge in [0.25, 0.3) is 0 Å². The molecular formula is C21H25NO3. The molecule has 4 heteroatoms. The van der Waals surface area contributed by atoms with Gasteiger partial charge in [0.05, 0.1) is 7.11 Å². The van der Waals surface area contributed by atoms with Crippen LogP contribution in [0.5, 0.6) is 5.75 Å². The van der Waals surface area contributed by atoms with Crippen molar-refractivity contribution in [3.05, 3.63) is 70.8 Å². The minimum atomic E-state index is -0.395. The van der Waals surface area contributed by atoms with Crippen LogP contribution in [-0.4, -0.2) is 19.7 Å². The molecule has 0 aliphatic heterocycles. The number of hydrogen-bond acceptors (Lipinski definition) is 3. The van der Waals surface area contributed by atoms with E-state index in [4.69, 9.17) is 9.47 Å². The monoisotopic (exact) mass is 339 g/mol. The van der Waals surface area contributed by atoms with E-state index < -0.39 is 6.09 Å². The number of nitrogens with one attached hydrogen (secondary N) is 1. The van der Waals surface area contributed by atoms with Crippen molar-refractivity contribution in [2.24, 2.45) is 0 Å². The number of methoxy groups -OCH3 is 1. The Labute approximate surface area is 149 Å². The molecule has 0 radical (unpaired) electrons. The van der Waals surface area contributed by atoms with Crippen LogP contribution in [0.2, 0.25) is 0 Å². The maximum Gasteiger partial charge on any atom is 0.407 e. The van der Waals surface area contributed by atoms with E-state index in [9.17, 15) is 4.79 Å². The average molecular weight is 339 g/mol. The standard InChI is InChI=1S/C21H25NO3/c1-16-14-20(24-3)17(2)13-19(16)11-7-8-12-22-21(23)25-15-18-9-5-4-6-10-18/h4-7,9-11,13-14H,8,12,15H2,1-3H3,(H,22,23). The topological polar surface area (TPSA) is 47.6 Å². The van der Waals surface area contributed by atoms with Crippen molar-refractivity contribution in [2.75, 3.05) is 13.7 Å². The summed E-state index contributed by atoms with van der Waals surface area (Å²) in [5.41, 5.74) is 4.40. The third-order valence-electron chi connectivity index (χ3n) is 3.87. The summed E-state index contributed by atoms with van der Waals surface area (Å²) in [6.07, 6.45) is 4.46. The van der Waals surface area contributed by atoms with Gasteiger partial charge < -0.3 is 14.8 Å². The zero-order valence-corrected chi connectivity index (χ0v) is 15.0. The molecular weight excluding hydrogens is 314 g/mol. The first kappa shape index (κ1) is 18.6. The van der Waals surface area contributed by atoms with E-state index in [0.29, 0.717) is 6.54 Å². The molecule has 0 saturated heterocycles. The lowest BCUT2D eigenvalue weighted by atomic mass is 10.0. The quantitative estimate of drug-likeness (QED) is 0.748. The fraction of sp³-hybridized carbons (Fsp3) is 0.286. The fourth-order valence-corrected chi connectivity index (χ4v) is 2.45. The van der Waals surface area contributed by atoms with Crippen LogP contribution in [0.4, 0.5) is 4.79 Å². The highest BCUT2D eigenvalue weighted by Gasteiger charge is 2.03. The van der Waals surface area contributed by atoms with Crippen LogP contribution in [0.25, 0.3) is 6.08 Å². The summed E-state index contributed by atoms with van der Waals surface area (Å²) in [7, 11) is 1.68. The Balaban J connectivity index is 1.72. The predicted molar refractivity (Wildman–Crippen MR) is 101 cm³/mol. The number of carbonyl (C=O) groups excluding carboxylic acids is 1. The summed E-state index contributed by atoms with van der Waals surface area (Å²) in [6, 6.07) is 13.8. The van der Waals surface area contributed by atoms with Crippen LogP contribution < -0.4 is 10.1 Å². The van der Waals surface area contributed by atoms with Crippen molar-refractivity contribution in [1.29, 1.82) is 0 Å². The van der Waals surface area contributed by atoms with Gasteiger partial charge in [0, 0.05) is 6.54 Å². The van der Waals surface area contributed by atoms with Gasteiger partial charge in [-0.25, -0.2) is 4.79 Å². The molecule has 1 N–H and O–H groups in total. The molecule has 1 amide bonds. The Morgan fingerprint density at radius 2 is 1.88 bits per heavy atom. The third kappa shape index (κ3) is 5.99. The van der Waals surface area contributed by atoms with Crippen LogP contribution >= 0.6 is 0 Å². The van der Waals surface area contributed by atoms with E-state index in [1.165, 1.54) is 0 Å². The number of aryl methyl sites for hydroxylation is 2. The SMILES string of the molecule is COc1cc(C)c(C=CCCNC(=O)OCc2ccccc2)cc1C. The van der Waals surface area contributed by atoms with Gasteiger partial charge in [-0.15, -0.1) is 0 Å². The van der Waals surface area contributed by atoms with Gasteiger partial charge in [0.15, 0.2) is 0 Å². The molecule has 0 aromatic heterocycles. The molecule has 0 unspecified atom stereocenters. The number of alkyl carbamates (subject to hydrolysis) is 1. The van der Waals surface area contributed by atoms with Crippen LogP contribution in [0.3, 0.4) is 0 Å². The highest BCUT2D eigenvalue weighted by atomic mass is 16.5. The first-order chi connectivity index (χ1) is 12.1. The minimum absolute atomic E-state index is 0.285. The number of ether oxygens (including phenoxy) is 2. The van der Waals surface area contributed by atoms with Gasteiger partial charge in [-0.2, -0.15) is 0 Å². The van der Waals surface area contributed by atoms with E-state index in [0.717, 1.165) is 34.4 Å². The van der Waals surface area contributed by atoms with Gasteiger partial charge in [-0.1, -0.05) is 42.5 Å². The maximum atomic E-state index is 11.6. The van der Waals surface area contributed by atoms with Crippen molar-refractivity contribution < 1.29 is 14.3 Å². The van der Waals surface area contributed by atoms with Gasteiger partial charge in [0.1, 0.15) is 12.4 Å². The number of benzene rings is 2. The lowest BCUT2D eigenvalue weighted by molar-refractivity contribution is 0.140. The Morgan fingerprint density at radius 3 is 2.60 bits per heavy atom. The summed E-state index contributed by atoms with van der Waals surface area (Å²) in [5, 5.41) is 2.75. The van der Waals surface area contributed by atoms with Crippen LogP contribution in [0.1, 0.15) is 28.7 Å². The molecule has 4 nitrogen and oxygen atoms in total. The molecule has 0 aliphatic carbocycles. The number of amides is 1. The smallest absolute Gasteiger partial charge is 0.407 e. The zero-order chi connectivity index (χ0) is 18.1.